The quantitative estimate of drug-likeness (QED) is 0.431. The monoisotopic (exact) mass is 480 g/mol. The highest BCUT2D eigenvalue weighted by atomic mass is 32.1. The van der Waals surface area contributed by atoms with E-state index in [4.69, 9.17) is 9.72 Å². The summed E-state index contributed by atoms with van der Waals surface area (Å²) in [5, 5.41) is 5.16. The average Bonchev–Trinajstić information content (AvgIpc) is 3.39. The lowest BCUT2D eigenvalue weighted by atomic mass is 9.53. The van der Waals surface area contributed by atoms with Gasteiger partial charge in [0.2, 0.25) is 0 Å². The van der Waals surface area contributed by atoms with Crippen molar-refractivity contribution in [1.82, 2.24) is 10.3 Å². The largest absolute Gasteiger partial charge is 0.369 e. The summed E-state index contributed by atoms with van der Waals surface area (Å²) in [5.74, 6) is 4.79. The van der Waals surface area contributed by atoms with Crippen LogP contribution in [0.25, 0.3) is 0 Å². The molecule has 186 valence electrons. The number of thiazole rings is 1. The van der Waals surface area contributed by atoms with E-state index >= 15 is 0 Å². The zero-order valence-corrected chi connectivity index (χ0v) is 22.8. The Bertz CT molecular complexity index is 1030. The van der Waals surface area contributed by atoms with E-state index < -0.39 is 0 Å². The highest BCUT2D eigenvalue weighted by molar-refractivity contribution is 7.11. The number of piperidine rings is 1. The molecule has 2 aliphatic heterocycles. The molecule has 1 N–H and O–H groups in total. The van der Waals surface area contributed by atoms with Crippen LogP contribution in [0.15, 0.2) is 11.1 Å². The average molecular weight is 481 g/mol. The van der Waals surface area contributed by atoms with Crippen molar-refractivity contribution in [1.29, 1.82) is 0 Å². The summed E-state index contributed by atoms with van der Waals surface area (Å²) in [4.78, 5) is 6.55. The van der Waals surface area contributed by atoms with Crippen molar-refractivity contribution in [2.45, 2.75) is 110 Å². The Morgan fingerprint density at radius 1 is 1.09 bits per heavy atom. The normalized spacial score (nSPS) is 49.8. The third-order valence-electron chi connectivity index (χ3n) is 11.9. The fraction of sp³-hybridized carbons (Fsp3) is 0.833. The van der Waals surface area contributed by atoms with E-state index in [-0.39, 0.29) is 5.60 Å². The first-order chi connectivity index (χ1) is 16.3. The smallest absolute Gasteiger partial charge is 0.0900 e. The lowest BCUT2D eigenvalue weighted by molar-refractivity contribution is -0.0733. The number of hydrogen-bond acceptors (Lipinski definition) is 4. The molecule has 2 saturated carbocycles. The molecule has 34 heavy (non-hydrogen) atoms. The molecule has 0 radical (unpaired) electrons. The molecule has 10 atom stereocenters. The molecule has 0 amide bonds. The molecular weight excluding hydrogens is 436 g/mol. The van der Waals surface area contributed by atoms with Crippen LogP contribution in [0.5, 0.6) is 0 Å². The van der Waals surface area contributed by atoms with E-state index in [1.807, 2.05) is 16.9 Å². The van der Waals surface area contributed by atoms with Gasteiger partial charge in [-0.05, 0) is 113 Å². The van der Waals surface area contributed by atoms with Crippen LogP contribution >= 0.6 is 11.3 Å². The first-order valence-electron chi connectivity index (χ1n) is 14.3. The second-order valence-corrected chi connectivity index (χ2v) is 14.9. The van der Waals surface area contributed by atoms with Crippen LogP contribution in [-0.2, 0) is 17.6 Å². The third-order valence-corrected chi connectivity index (χ3v) is 12.9. The predicted molar refractivity (Wildman–Crippen MR) is 139 cm³/mol. The van der Waals surface area contributed by atoms with Crippen LogP contribution in [0.3, 0.4) is 0 Å². The van der Waals surface area contributed by atoms with Crippen molar-refractivity contribution < 1.29 is 4.74 Å². The number of nitrogens with zero attached hydrogens (tertiary/aromatic N) is 1. The summed E-state index contributed by atoms with van der Waals surface area (Å²) >= 11 is 1.99. The van der Waals surface area contributed by atoms with E-state index in [0.717, 1.165) is 36.1 Å². The van der Waals surface area contributed by atoms with Crippen LogP contribution < -0.4 is 5.32 Å². The minimum atomic E-state index is 0.0737. The molecule has 1 aromatic heterocycles. The lowest BCUT2D eigenvalue weighted by Crippen LogP contribution is -2.48. The van der Waals surface area contributed by atoms with Gasteiger partial charge < -0.3 is 10.1 Å². The molecule has 0 aromatic carbocycles. The van der Waals surface area contributed by atoms with Gasteiger partial charge in [-0.3, -0.25) is 0 Å². The lowest BCUT2D eigenvalue weighted by Gasteiger charge is -2.52. The second kappa shape index (κ2) is 7.65. The fourth-order valence-corrected chi connectivity index (χ4v) is 11.2. The standard InChI is InChI=1S/C30H44N2OS/c1-16-10-26-28(31-15-16)18(3)30(33-26)9-8-21-22-7-6-20-11-25-27(34-19(4)32-25)14-29(20,5)24(22)12-23(21)17(2)13-30/h16,18,20-22,24,26,28,31H,6-15H2,1-5H3/t16-,18+,20+,21-,22-,24-,26?,28-,29-,30-/m0/s1. The SMILES string of the molecule is CC1=C2C[C@H]3[C@@H](CC[C@@H]4Cc5nc(C)sc5C[C@@]43C)[C@@H]2CC[C@@]2(C1)OC1C[C@H](C)CN[C@H]1[C@H]2C. The molecule has 7 rings (SSSR count). The summed E-state index contributed by atoms with van der Waals surface area (Å²) in [5.41, 5.74) is 5.57. The van der Waals surface area contributed by atoms with Gasteiger partial charge in [-0.1, -0.05) is 31.9 Å². The number of nitrogens with one attached hydrogen (secondary N) is 1. The zero-order chi connectivity index (χ0) is 23.4. The maximum absolute atomic E-state index is 7.07. The molecule has 1 spiro atoms. The number of fused-ring (bicyclic) bond motifs is 7. The van der Waals surface area contributed by atoms with Gasteiger partial charge in [-0.2, -0.15) is 0 Å². The highest BCUT2D eigenvalue weighted by Gasteiger charge is 2.59. The predicted octanol–water partition coefficient (Wildman–Crippen LogP) is 6.49. The van der Waals surface area contributed by atoms with Gasteiger partial charge in [0.25, 0.3) is 0 Å². The van der Waals surface area contributed by atoms with Crippen molar-refractivity contribution in [3.05, 3.63) is 26.7 Å². The Hall–Kier alpha value is -0.710. The van der Waals surface area contributed by atoms with Crippen LogP contribution in [0, 0.1) is 47.8 Å². The van der Waals surface area contributed by atoms with Gasteiger partial charge in [0.15, 0.2) is 0 Å². The number of aromatic nitrogens is 1. The molecular formula is C30H44N2OS. The summed E-state index contributed by atoms with van der Waals surface area (Å²) in [7, 11) is 0. The van der Waals surface area contributed by atoms with Crippen molar-refractivity contribution in [3.8, 4) is 0 Å². The molecule has 6 aliphatic rings. The van der Waals surface area contributed by atoms with E-state index in [1.165, 1.54) is 68.5 Å². The molecule has 1 aromatic rings. The van der Waals surface area contributed by atoms with E-state index in [2.05, 4.69) is 39.9 Å². The molecule has 0 bridgehead atoms. The second-order valence-electron chi connectivity index (χ2n) is 13.7. The van der Waals surface area contributed by atoms with Crippen LogP contribution in [0.2, 0.25) is 0 Å². The summed E-state index contributed by atoms with van der Waals surface area (Å²) in [6.07, 6.45) is 12.2. The minimum Gasteiger partial charge on any atom is -0.369 e. The number of rotatable bonds is 0. The Morgan fingerprint density at radius 2 is 1.94 bits per heavy atom. The van der Waals surface area contributed by atoms with Gasteiger partial charge in [0.05, 0.1) is 22.4 Å². The molecule has 3 nitrogen and oxygen atoms in total. The molecule has 4 fully saturated rings. The molecule has 1 unspecified atom stereocenters. The van der Waals surface area contributed by atoms with Gasteiger partial charge in [-0.25, -0.2) is 4.98 Å². The molecule has 2 saturated heterocycles. The Morgan fingerprint density at radius 3 is 2.79 bits per heavy atom. The number of aryl methyl sites for hydroxylation is 1. The number of hydrogen-bond donors (Lipinski definition) is 1. The summed E-state index contributed by atoms with van der Waals surface area (Å²) in [6.45, 7) is 13.4. The van der Waals surface area contributed by atoms with Gasteiger partial charge >= 0.3 is 0 Å². The van der Waals surface area contributed by atoms with Gasteiger partial charge in [-0.15, -0.1) is 11.3 Å². The Kier molecular flexibility index (Phi) is 5.06. The number of allylic oxidation sites excluding steroid dienone is 1. The van der Waals surface area contributed by atoms with Crippen molar-refractivity contribution in [2.75, 3.05) is 6.54 Å². The first kappa shape index (κ1) is 22.5. The zero-order valence-electron chi connectivity index (χ0n) is 22.0. The van der Waals surface area contributed by atoms with Gasteiger partial charge in [0, 0.05) is 16.8 Å². The van der Waals surface area contributed by atoms with E-state index in [0.29, 0.717) is 23.5 Å². The molecule has 4 aliphatic carbocycles. The third kappa shape index (κ3) is 3.10. The summed E-state index contributed by atoms with van der Waals surface area (Å²) < 4.78 is 7.07. The Labute approximate surface area is 210 Å². The van der Waals surface area contributed by atoms with Gasteiger partial charge in [0.1, 0.15) is 0 Å². The van der Waals surface area contributed by atoms with Crippen LogP contribution in [0.4, 0.5) is 0 Å². The fourth-order valence-electron chi connectivity index (χ4n) is 10.1. The van der Waals surface area contributed by atoms with Crippen molar-refractivity contribution in [2.24, 2.45) is 40.9 Å². The highest BCUT2D eigenvalue weighted by Crippen LogP contribution is 2.64. The first-order valence-corrected chi connectivity index (χ1v) is 15.1. The molecule has 4 heteroatoms. The summed E-state index contributed by atoms with van der Waals surface area (Å²) in [6, 6.07) is 0.563. The van der Waals surface area contributed by atoms with E-state index in [9.17, 15) is 0 Å². The van der Waals surface area contributed by atoms with Crippen molar-refractivity contribution in [3.63, 3.8) is 0 Å². The van der Waals surface area contributed by atoms with E-state index in [1.54, 1.807) is 10.5 Å². The van der Waals surface area contributed by atoms with Crippen LogP contribution in [0.1, 0.15) is 88.2 Å². The minimum absolute atomic E-state index is 0.0737. The topological polar surface area (TPSA) is 34.1 Å². The Balaban J connectivity index is 1.18. The van der Waals surface area contributed by atoms with Crippen molar-refractivity contribution >= 4 is 11.3 Å². The van der Waals surface area contributed by atoms with Crippen LogP contribution in [-0.4, -0.2) is 29.3 Å². The maximum Gasteiger partial charge on any atom is 0.0900 e. The maximum atomic E-state index is 7.07. The molecule has 3 heterocycles. The number of ether oxygens (including phenoxy) is 1.